The number of rotatable bonds is 8. The highest BCUT2D eigenvalue weighted by Crippen LogP contribution is 2.34. The summed E-state index contributed by atoms with van der Waals surface area (Å²) in [7, 11) is 2.11. The molecule has 0 amide bonds. The molecule has 0 spiro atoms. The van der Waals surface area contributed by atoms with Gasteiger partial charge in [-0.1, -0.05) is 39.5 Å². The van der Waals surface area contributed by atoms with Gasteiger partial charge in [-0.15, -0.1) is 0 Å². The van der Waals surface area contributed by atoms with Crippen molar-refractivity contribution < 1.29 is 4.74 Å². The Hall–Kier alpha value is -0.0800. The van der Waals surface area contributed by atoms with Crippen LogP contribution in [0, 0.1) is 11.8 Å². The monoisotopic (exact) mass is 255 g/mol. The van der Waals surface area contributed by atoms with Crippen molar-refractivity contribution in [3.8, 4) is 0 Å². The van der Waals surface area contributed by atoms with E-state index in [-0.39, 0.29) is 0 Å². The van der Waals surface area contributed by atoms with Gasteiger partial charge in [0.2, 0.25) is 0 Å². The average molecular weight is 255 g/mol. The zero-order valence-electron chi connectivity index (χ0n) is 12.9. The first kappa shape index (κ1) is 16.0. The Morgan fingerprint density at radius 2 is 2.00 bits per heavy atom. The van der Waals surface area contributed by atoms with Crippen LogP contribution in [0.5, 0.6) is 0 Å². The number of hydrogen-bond acceptors (Lipinski definition) is 2. The van der Waals surface area contributed by atoms with Gasteiger partial charge < -0.3 is 10.1 Å². The predicted molar refractivity (Wildman–Crippen MR) is 78.9 cm³/mol. The molecule has 1 fully saturated rings. The van der Waals surface area contributed by atoms with E-state index in [1.807, 2.05) is 0 Å². The molecule has 0 radical (unpaired) electrons. The largest absolute Gasteiger partial charge is 0.377 e. The van der Waals surface area contributed by atoms with Crippen molar-refractivity contribution >= 4 is 0 Å². The second kappa shape index (κ2) is 8.92. The van der Waals surface area contributed by atoms with Gasteiger partial charge in [-0.3, -0.25) is 0 Å². The smallest absolute Gasteiger partial charge is 0.0730 e. The third-order valence-corrected chi connectivity index (χ3v) is 4.60. The van der Waals surface area contributed by atoms with Crippen LogP contribution in [0.25, 0.3) is 0 Å². The summed E-state index contributed by atoms with van der Waals surface area (Å²) in [5, 5.41) is 3.56. The molecule has 18 heavy (non-hydrogen) atoms. The quantitative estimate of drug-likeness (QED) is 0.708. The molecule has 1 rings (SSSR count). The van der Waals surface area contributed by atoms with E-state index in [9.17, 15) is 0 Å². The van der Waals surface area contributed by atoms with Crippen LogP contribution in [0.1, 0.15) is 65.7 Å². The van der Waals surface area contributed by atoms with Crippen molar-refractivity contribution in [3.63, 3.8) is 0 Å². The van der Waals surface area contributed by atoms with Crippen molar-refractivity contribution in [2.24, 2.45) is 11.8 Å². The second-order valence-electron chi connectivity index (χ2n) is 5.80. The van der Waals surface area contributed by atoms with Crippen LogP contribution >= 0.6 is 0 Å². The van der Waals surface area contributed by atoms with E-state index in [2.05, 4.69) is 33.1 Å². The molecule has 0 aromatic heterocycles. The highest BCUT2D eigenvalue weighted by atomic mass is 16.5. The molecular weight excluding hydrogens is 222 g/mol. The summed E-state index contributed by atoms with van der Waals surface area (Å²) in [5.41, 5.74) is 0. The lowest BCUT2D eigenvalue weighted by Crippen LogP contribution is -2.46. The number of hydrogen-bond donors (Lipinski definition) is 1. The second-order valence-corrected chi connectivity index (χ2v) is 5.80. The van der Waals surface area contributed by atoms with Gasteiger partial charge in [0.15, 0.2) is 0 Å². The van der Waals surface area contributed by atoms with E-state index in [1.165, 1.54) is 44.9 Å². The maximum Gasteiger partial charge on any atom is 0.0730 e. The number of nitrogens with one attached hydrogen (secondary N) is 1. The van der Waals surface area contributed by atoms with Crippen LogP contribution in [0.15, 0.2) is 0 Å². The lowest BCUT2D eigenvalue weighted by atomic mass is 9.75. The number of likely N-dealkylation sites (N-methyl/N-ethyl adjacent to an activating group) is 1. The summed E-state index contributed by atoms with van der Waals surface area (Å²) in [6.45, 7) is 7.56. The van der Waals surface area contributed by atoms with Crippen LogP contribution < -0.4 is 5.32 Å². The Kier molecular flexibility index (Phi) is 7.92. The van der Waals surface area contributed by atoms with Gasteiger partial charge in [-0.25, -0.2) is 0 Å². The van der Waals surface area contributed by atoms with E-state index in [1.54, 1.807) is 0 Å². The molecule has 1 aliphatic carbocycles. The predicted octanol–water partition coefficient (Wildman–Crippen LogP) is 4.00. The van der Waals surface area contributed by atoms with Crippen LogP contribution in [-0.2, 0) is 4.74 Å². The molecule has 1 N–H and O–H groups in total. The molecule has 4 unspecified atom stereocenters. The van der Waals surface area contributed by atoms with E-state index in [4.69, 9.17) is 4.74 Å². The normalized spacial score (nSPS) is 28.0. The molecule has 4 atom stereocenters. The third-order valence-electron chi connectivity index (χ3n) is 4.60. The molecule has 2 heteroatoms. The molecule has 0 aromatic carbocycles. The Labute approximate surface area is 114 Å². The Morgan fingerprint density at radius 1 is 1.22 bits per heavy atom. The zero-order chi connectivity index (χ0) is 13.4. The Balaban J connectivity index is 2.60. The standard InChI is InChI=1S/C16H33NO/c1-5-9-15(18-7-3)16(17-4)14-11-8-10-13(6-2)12-14/h13-17H,5-12H2,1-4H3. The van der Waals surface area contributed by atoms with Gasteiger partial charge >= 0.3 is 0 Å². The summed E-state index contributed by atoms with van der Waals surface area (Å²) in [6, 6.07) is 0.555. The molecular formula is C16H33NO. The zero-order valence-corrected chi connectivity index (χ0v) is 12.9. The van der Waals surface area contributed by atoms with E-state index >= 15 is 0 Å². The van der Waals surface area contributed by atoms with Crippen molar-refractivity contribution in [3.05, 3.63) is 0 Å². The molecule has 1 saturated carbocycles. The van der Waals surface area contributed by atoms with Crippen molar-refractivity contribution in [1.29, 1.82) is 0 Å². The minimum Gasteiger partial charge on any atom is -0.377 e. The van der Waals surface area contributed by atoms with Gasteiger partial charge in [0.05, 0.1) is 6.10 Å². The lowest BCUT2D eigenvalue weighted by molar-refractivity contribution is 0.00419. The maximum absolute atomic E-state index is 6.00. The first-order valence-electron chi connectivity index (χ1n) is 8.05. The van der Waals surface area contributed by atoms with Crippen LogP contribution in [0.3, 0.4) is 0 Å². The fourth-order valence-corrected chi connectivity index (χ4v) is 3.62. The fourth-order valence-electron chi connectivity index (χ4n) is 3.62. The molecule has 0 aromatic rings. The Morgan fingerprint density at radius 3 is 2.56 bits per heavy atom. The molecule has 0 aliphatic heterocycles. The van der Waals surface area contributed by atoms with E-state index in [0.29, 0.717) is 12.1 Å². The van der Waals surface area contributed by atoms with Crippen LogP contribution in [0.2, 0.25) is 0 Å². The summed E-state index contributed by atoms with van der Waals surface area (Å²) in [4.78, 5) is 0. The minimum atomic E-state index is 0.408. The van der Waals surface area contributed by atoms with E-state index in [0.717, 1.165) is 18.4 Å². The highest BCUT2D eigenvalue weighted by Gasteiger charge is 2.31. The topological polar surface area (TPSA) is 21.3 Å². The van der Waals surface area contributed by atoms with Crippen molar-refractivity contribution in [2.45, 2.75) is 77.9 Å². The molecule has 0 saturated heterocycles. The fraction of sp³-hybridized carbons (Fsp3) is 1.00. The molecule has 2 nitrogen and oxygen atoms in total. The molecule has 0 heterocycles. The summed E-state index contributed by atoms with van der Waals surface area (Å²) in [6.07, 6.45) is 9.79. The molecule has 1 aliphatic rings. The first-order chi connectivity index (χ1) is 8.76. The van der Waals surface area contributed by atoms with Crippen molar-refractivity contribution in [1.82, 2.24) is 5.32 Å². The van der Waals surface area contributed by atoms with Gasteiger partial charge in [-0.2, -0.15) is 0 Å². The lowest BCUT2D eigenvalue weighted by Gasteiger charge is -2.38. The van der Waals surface area contributed by atoms with Gasteiger partial charge in [0.1, 0.15) is 0 Å². The Bertz CT molecular complexity index is 201. The average Bonchev–Trinajstić information content (AvgIpc) is 2.40. The van der Waals surface area contributed by atoms with E-state index < -0.39 is 0 Å². The van der Waals surface area contributed by atoms with Gasteiger partial charge in [-0.05, 0) is 45.1 Å². The SMILES string of the molecule is CCCC(OCC)C(NC)C1CCCC(CC)C1. The molecule has 0 bridgehead atoms. The highest BCUT2D eigenvalue weighted by molar-refractivity contribution is 4.87. The number of ether oxygens (including phenoxy) is 1. The summed E-state index contributed by atoms with van der Waals surface area (Å²) in [5.74, 6) is 1.76. The third kappa shape index (κ3) is 4.55. The summed E-state index contributed by atoms with van der Waals surface area (Å²) >= 11 is 0. The van der Waals surface area contributed by atoms with Crippen molar-refractivity contribution in [2.75, 3.05) is 13.7 Å². The summed E-state index contributed by atoms with van der Waals surface area (Å²) < 4.78 is 6.00. The van der Waals surface area contributed by atoms with Crippen LogP contribution in [0.4, 0.5) is 0 Å². The molecule has 108 valence electrons. The van der Waals surface area contributed by atoms with Gasteiger partial charge in [0.25, 0.3) is 0 Å². The first-order valence-corrected chi connectivity index (χ1v) is 8.05. The van der Waals surface area contributed by atoms with Crippen LogP contribution in [-0.4, -0.2) is 25.8 Å². The van der Waals surface area contributed by atoms with Gasteiger partial charge in [0, 0.05) is 12.6 Å². The minimum absolute atomic E-state index is 0.408. The maximum atomic E-state index is 6.00.